The first-order valence-corrected chi connectivity index (χ1v) is 8.02. The van der Waals surface area contributed by atoms with Gasteiger partial charge in [0.15, 0.2) is 0 Å². The van der Waals surface area contributed by atoms with Gasteiger partial charge in [0.05, 0.1) is 5.41 Å². The number of carbonyl (C=O) groups is 1. The first kappa shape index (κ1) is 14.4. The highest BCUT2D eigenvalue weighted by Gasteiger charge is 2.43. The highest BCUT2D eigenvalue weighted by Crippen LogP contribution is 2.42. The third kappa shape index (κ3) is 2.77. The Morgan fingerprint density at radius 1 is 1.14 bits per heavy atom. The van der Waals surface area contributed by atoms with Crippen molar-refractivity contribution in [1.82, 2.24) is 10.2 Å². The van der Waals surface area contributed by atoms with Gasteiger partial charge in [-0.2, -0.15) is 0 Å². The average Bonchev–Trinajstić information content (AvgIpc) is 2.55. The zero-order chi connectivity index (χ0) is 14.7. The smallest absolute Gasteiger partial charge is 0.233 e. The summed E-state index contributed by atoms with van der Waals surface area (Å²) in [7, 11) is 0. The summed E-state index contributed by atoms with van der Waals surface area (Å²) in [6.45, 7) is 3.34. The predicted molar refractivity (Wildman–Crippen MR) is 82.3 cm³/mol. The summed E-state index contributed by atoms with van der Waals surface area (Å²) < 4.78 is 0. The van der Waals surface area contributed by atoms with Crippen molar-refractivity contribution < 1.29 is 9.90 Å². The Hall–Kier alpha value is -1.55. The van der Waals surface area contributed by atoms with Crippen molar-refractivity contribution in [3.8, 4) is 5.75 Å². The molecular formula is C17H24N2O2. The van der Waals surface area contributed by atoms with E-state index in [4.69, 9.17) is 0 Å². The summed E-state index contributed by atoms with van der Waals surface area (Å²) in [5.41, 5.74) is 0.569. The SMILES string of the molecule is O=C(N1CCNCC1)C1(c2cccc(O)c2)CCCCC1. The van der Waals surface area contributed by atoms with Crippen molar-refractivity contribution >= 4 is 5.91 Å². The van der Waals surface area contributed by atoms with Gasteiger partial charge in [0, 0.05) is 26.2 Å². The number of rotatable bonds is 2. The number of nitrogens with one attached hydrogen (secondary N) is 1. The van der Waals surface area contributed by atoms with Crippen LogP contribution in [0, 0.1) is 0 Å². The maximum absolute atomic E-state index is 13.2. The van der Waals surface area contributed by atoms with Crippen LogP contribution in [0.5, 0.6) is 5.75 Å². The van der Waals surface area contributed by atoms with Crippen LogP contribution in [0.15, 0.2) is 24.3 Å². The lowest BCUT2D eigenvalue weighted by Gasteiger charge is -2.41. The van der Waals surface area contributed by atoms with Crippen LogP contribution in [0.3, 0.4) is 0 Å². The fourth-order valence-electron chi connectivity index (χ4n) is 3.76. The van der Waals surface area contributed by atoms with E-state index in [0.29, 0.717) is 0 Å². The molecule has 1 aromatic carbocycles. The highest BCUT2D eigenvalue weighted by atomic mass is 16.3. The van der Waals surface area contributed by atoms with Gasteiger partial charge in [0.2, 0.25) is 5.91 Å². The van der Waals surface area contributed by atoms with Gasteiger partial charge in [-0.05, 0) is 30.5 Å². The van der Waals surface area contributed by atoms with Crippen LogP contribution < -0.4 is 5.32 Å². The first-order valence-electron chi connectivity index (χ1n) is 8.02. The Labute approximate surface area is 126 Å². The molecule has 0 spiro atoms. The monoisotopic (exact) mass is 288 g/mol. The molecule has 1 aliphatic heterocycles. The number of phenolic OH excluding ortho intramolecular Hbond substituents is 1. The molecule has 1 aliphatic carbocycles. The fourth-order valence-corrected chi connectivity index (χ4v) is 3.76. The van der Waals surface area contributed by atoms with Crippen LogP contribution in [-0.2, 0) is 10.2 Å². The Morgan fingerprint density at radius 3 is 2.52 bits per heavy atom. The van der Waals surface area contributed by atoms with E-state index in [9.17, 15) is 9.90 Å². The molecule has 0 aromatic heterocycles. The Kier molecular flexibility index (Phi) is 4.15. The molecule has 0 bridgehead atoms. The molecule has 1 amide bonds. The number of piperazine rings is 1. The fraction of sp³-hybridized carbons (Fsp3) is 0.588. The van der Waals surface area contributed by atoms with E-state index in [1.807, 2.05) is 17.0 Å². The van der Waals surface area contributed by atoms with Crippen LogP contribution in [0.25, 0.3) is 0 Å². The van der Waals surface area contributed by atoms with Gasteiger partial charge in [-0.3, -0.25) is 4.79 Å². The molecule has 2 fully saturated rings. The zero-order valence-electron chi connectivity index (χ0n) is 12.5. The second-order valence-electron chi connectivity index (χ2n) is 6.24. The quantitative estimate of drug-likeness (QED) is 0.875. The van der Waals surface area contributed by atoms with Crippen molar-refractivity contribution in [2.24, 2.45) is 0 Å². The molecule has 0 radical (unpaired) electrons. The molecule has 1 aromatic rings. The third-order valence-corrected chi connectivity index (χ3v) is 4.92. The van der Waals surface area contributed by atoms with Gasteiger partial charge < -0.3 is 15.3 Å². The van der Waals surface area contributed by atoms with Crippen molar-refractivity contribution in [3.63, 3.8) is 0 Å². The van der Waals surface area contributed by atoms with E-state index in [2.05, 4.69) is 5.32 Å². The summed E-state index contributed by atoms with van der Waals surface area (Å²) in [4.78, 5) is 15.2. The maximum Gasteiger partial charge on any atom is 0.233 e. The minimum atomic E-state index is -0.422. The summed E-state index contributed by atoms with van der Waals surface area (Å²) in [5, 5.41) is 13.1. The maximum atomic E-state index is 13.2. The van der Waals surface area contributed by atoms with Gasteiger partial charge in [0.1, 0.15) is 5.75 Å². The summed E-state index contributed by atoms with van der Waals surface area (Å²) in [6, 6.07) is 7.32. The summed E-state index contributed by atoms with van der Waals surface area (Å²) in [6.07, 6.45) is 5.19. The number of amides is 1. The molecule has 2 aliphatic rings. The standard InChI is InChI=1S/C17H24N2O2/c20-15-6-4-5-14(13-15)17(7-2-1-3-8-17)16(21)19-11-9-18-10-12-19/h4-6,13,18,20H,1-3,7-12H2. The average molecular weight is 288 g/mol. The van der Waals surface area contributed by atoms with Crippen LogP contribution in [-0.4, -0.2) is 42.1 Å². The van der Waals surface area contributed by atoms with Gasteiger partial charge in [0.25, 0.3) is 0 Å². The van der Waals surface area contributed by atoms with Gasteiger partial charge in [-0.15, -0.1) is 0 Å². The number of aromatic hydroxyl groups is 1. The van der Waals surface area contributed by atoms with Crippen molar-refractivity contribution in [2.75, 3.05) is 26.2 Å². The zero-order valence-corrected chi connectivity index (χ0v) is 12.5. The lowest BCUT2D eigenvalue weighted by Crippen LogP contribution is -2.54. The molecule has 1 saturated heterocycles. The molecule has 114 valence electrons. The third-order valence-electron chi connectivity index (χ3n) is 4.92. The van der Waals surface area contributed by atoms with Crippen molar-refractivity contribution in [1.29, 1.82) is 0 Å². The second-order valence-corrected chi connectivity index (χ2v) is 6.24. The molecule has 3 rings (SSSR count). The molecule has 2 N–H and O–H groups in total. The Balaban J connectivity index is 1.94. The van der Waals surface area contributed by atoms with Gasteiger partial charge in [-0.25, -0.2) is 0 Å². The molecule has 1 heterocycles. The van der Waals surface area contributed by atoms with Crippen LogP contribution >= 0.6 is 0 Å². The molecule has 4 nitrogen and oxygen atoms in total. The summed E-state index contributed by atoms with van der Waals surface area (Å²) in [5.74, 6) is 0.514. The van der Waals surface area contributed by atoms with Crippen LogP contribution in [0.4, 0.5) is 0 Å². The Morgan fingerprint density at radius 2 is 1.86 bits per heavy atom. The number of benzene rings is 1. The van der Waals surface area contributed by atoms with Crippen molar-refractivity contribution in [3.05, 3.63) is 29.8 Å². The van der Waals surface area contributed by atoms with E-state index in [1.165, 1.54) is 6.42 Å². The number of hydrogen-bond acceptors (Lipinski definition) is 3. The Bertz CT molecular complexity index is 503. The lowest BCUT2D eigenvalue weighted by molar-refractivity contribution is -0.139. The topological polar surface area (TPSA) is 52.6 Å². The van der Waals surface area contributed by atoms with E-state index in [1.54, 1.807) is 12.1 Å². The van der Waals surface area contributed by atoms with Gasteiger partial charge in [-0.1, -0.05) is 31.4 Å². The van der Waals surface area contributed by atoms with Gasteiger partial charge >= 0.3 is 0 Å². The van der Waals surface area contributed by atoms with E-state index < -0.39 is 5.41 Å². The predicted octanol–water partition coefficient (Wildman–Crippen LogP) is 2.03. The largest absolute Gasteiger partial charge is 0.508 e. The van der Waals surface area contributed by atoms with E-state index >= 15 is 0 Å². The molecule has 21 heavy (non-hydrogen) atoms. The lowest BCUT2D eigenvalue weighted by atomic mass is 9.68. The molecule has 0 atom stereocenters. The minimum Gasteiger partial charge on any atom is -0.508 e. The summed E-state index contributed by atoms with van der Waals surface area (Å²) >= 11 is 0. The first-order chi connectivity index (χ1) is 10.2. The second kappa shape index (κ2) is 6.06. The number of hydrogen-bond donors (Lipinski definition) is 2. The molecule has 1 saturated carbocycles. The highest BCUT2D eigenvalue weighted by molar-refractivity contribution is 5.88. The number of nitrogens with zero attached hydrogens (tertiary/aromatic N) is 1. The van der Waals surface area contributed by atoms with E-state index in [0.717, 1.165) is 57.4 Å². The normalized spacial score (nSPS) is 22.0. The number of carbonyl (C=O) groups excluding carboxylic acids is 1. The van der Waals surface area contributed by atoms with Crippen LogP contribution in [0.1, 0.15) is 37.7 Å². The van der Waals surface area contributed by atoms with E-state index in [-0.39, 0.29) is 11.7 Å². The minimum absolute atomic E-state index is 0.255. The van der Waals surface area contributed by atoms with Crippen molar-refractivity contribution in [2.45, 2.75) is 37.5 Å². The molecular weight excluding hydrogens is 264 g/mol. The number of phenols is 1. The molecule has 4 heteroatoms. The van der Waals surface area contributed by atoms with Crippen LogP contribution in [0.2, 0.25) is 0 Å². The molecule has 0 unspecified atom stereocenters.